The van der Waals surface area contributed by atoms with Gasteiger partial charge in [-0.2, -0.15) is 0 Å². The maximum Gasteiger partial charge on any atom is 0.122 e. The molecule has 0 spiro atoms. The Bertz CT molecular complexity index is 244. The van der Waals surface area contributed by atoms with E-state index in [2.05, 4.69) is 17.2 Å². The van der Waals surface area contributed by atoms with Crippen LogP contribution < -0.4 is 5.73 Å². The van der Waals surface area contributed by atoms with Crippen molar-refractivity contribution in [2.45, 2.75) is 0 Å². The van der Waals surface area contributed by atoms with Crippen LogP contribution in [0.5, 0.6) is 0 Å². The van der Waals surface area contributed by atoms with Crippen molar-refractivity contribution < 1.29 is 0 Å². The van der Waals surface area contributed by atoms with Crippen LogP contribution in [0.1, 0.15) is 5.69 Å². The van der Waals surface area contributed by atoms with Crippen molar-refractivity contribution in [2.75, 3.05) is 0 Å². The van der Waals surface area contributed by atoms with Crippen molar-refractivity contribution in [3.63, 3.8) is 0 Å². The van der Waals surface area contributed by atoms with Crippen LogP contribution in [-0.4, -0.2) is 9.97 Å². The molecule has 0 fully saturated rings. The van der Waals surface area contributed by atoms with Gasteiger partial charge in [-0.15, -0.1) is 0 Å². The van der Waals surface area contributed by atoms with Crippen molar-refractivity contribution >= 4 is 28.8 Å². The van der Waals surface area contributed by atoms with Crippen molar-refractivity contribution in [1.82, 2.24) is 4.98 Å². The van der Waals surface area contributed by atoms with Gasteiger partial charge in [-0.05, 0) is 12.1 Å². The van der Waals surface area contributed by atoms with Crippen LogP contribution in [0.3, 0.4) is 0 Å². The first kappa shape index (κ1) is 7.44. The molecule has 4 heteroatoms. The zero-order chi connectivity index (χ0) is 7.56. The summed E-state index contributed by atoms with van der Waals surface area (Å²) in [6.45, 7) is 0. The van der Waals surface area contributed by atoms with Crippen LogP contribution >= 0.6 is 23.8 Å². The zero-order valence-electron chi connectivity index (χ0n) is 5.04. The third-order valence-electron chi connectivity index (χ3n) is 0.980. The molecule has 0 aliphatic rings. The molecule has 0 amide bonds. The van der Waals surface area contributed by atoms with Gasteiger partial charge in [0.05, 0.1) is 10.7 Å². The zero-order valence-corrected chi connectivity index (χ0v) is 6.62. The fourth-order valence-corrected chi connectivity index (χ4v) is 0.754. The lowest BCUT2D eigenvalue weighted by Crippen LogP contribution is -2.10. The third-order valence-corrected chi connectivity index (χ3v) is 1.41. The quantitative estimate of drug-likeness (QED) is 0.651. The van der Waals surface area contributed by atoms with Gasteiger partial charge in [-0.25, -0.2) is 0 Å². The third kappa shape index (κ3) is 1.65. The topological polar surface area (TPSA) is 38.9 Å². The van der Waals surface area contributed by atoms with E-state index in [1.807, 2.05) is 0 Å². The number of nitrogens with two attached hydrogens (primary N) is 1. The number of hydrogen-bond acceptors (Lipinski definition) is 2. The Hall–Kier alpha value is -0.670. The van der Waals surface area contributed by atoms with Crippen LogP contribution in [0.2, 0.25) is 5.02 Å². The largest absolute Gasteiger partial charge is 0.388 e. The predicted molar refractivity (Wildman–Crippen MR) is 45.1 cm³/mol. The highest BCUT2D eigenvalue weighted by molar-refractivity contribution is 7.80. The summed E-state index contributed by atoms with van der Waals surface area (Å²) in [5, 5.41) is 0.583. The molecule has 0 aliphatic carbocycles. The molecular weight excluding hydrogens is 168 g/mol. The normalized spacial score (nSPS) is 9.30. The number of thiocarbonyl (C=S) groups is 1. The molecule has 0 aliphatic heterocycles. The molecule has 2 nitrogen and oxygen atoms in total. The molecule has 1 rings (SSSR count). The Labute approximate surface area is 69.0 Å². The Kier molecular flexibility index (Phi) is 2.19. The van der Waals surface area contributed by atoms with Crippen LogP contribution in [0, 0.1) is 0 Å². The molecule has 1 aromatic rings. The van der Waals surface area contributed by atoms with E-state index in [0.717, 1.165) is 0 Å². The van der Waals surface area contributed by atoms with Crippen molar-refractivity contribution in [1.29, 1.82) is 0 Å². The van der Waals surface area contributed by atoms with Gasteiger partial charge < -0.3 is 5.73 Å². The van der Waals surface area contributed by atoms with Gasteiger partial charge in [0.25, 0.3) is 0 Å². The summed E-state index contributed by atoms with van der Waals surface area (Å²) in [4.78, 5) is 4.17. The lowest BCUT2D eigenvalue weighted by molar-refractivity contribution is 1.29. The summed E-state index contributed by atoms with van der Waals surface area (Å²) in [6.07, 6.45) is 1.51. The van der Waals surface area contributed by atoms with Crippen molar-refractivity contribution in [2.24, 2.45) is 5.73 Å². The Balaban J connectivity index is 3.00. The van der Waals surface area contributed by atoms with E-state index in [1.165, 1.54) is 6.20 Å². The maximum atomic E-state index is 5.57. The Morgan fingerprint density at radius 3 is 2.70 bits per heavy atom. The predicted octanol–water partition coefficient (Wildman–Crippen LogP) is 1.37. The number of aromatic nitrogens is 1. The molecule has 0 saturated carbocycles. The van der Waals surface area contributed by atoms with E-state index in [1.54, 1.807) is 12.1 Å². The second-order valence-corrected chi connectivity index (χ2v) is 2.60. The Morgan fingerprint density at radius 2 is 2.30 bits per heavy atom. The highest BCUT2D eigenvalue weighted by Crippen LogP contribution is 2.05. The highest BCUT2D eigenvalue weighted by Gasteiger charge is 1.94. The van der Waals surface area contributed by atoms with E-state index in [0.29, 0.717) is 10.7 Å². The highest BCUT2D eigenvalue weighted by atomic mass is 35.5. The average Bonchev–Trinajstić information content (AvgIpc) is 1.88. The minimum absolute atomic E-state index is 0.289. The molecule has 0 unspecified atom stereocenters. The van der Waals surface area contributed by atoms with Gasteiger partial charge in [-0.3, -0.25) is 4.98 Å². The molecule has 0 aromatic carbocycles. The van der Waals surface area contributed by atoms with Crippen LogP contribution in [0.15, 0.2) is 18.3 Å². The number of nitrogens with zero attached hydrogens (tertiary/aromatic N) is 1. The van der Waals surface area contributed by atoms with Gasteiger partial charge in [-0.1, -0.05) is 23.8 Å². The minimum atomic E-state index is 0.289. The second-order valence-electron chi connectivity index (χ2n) is 1.73. The molecular formula is C6H5ClN2S. The molecule has 10 heavy (non-hydrogen) atoms. The lowest BCUT2D eigenvalue weighted by Gasteiger charge is -1.94. The minimum Gasteiger partial charge on any atom is -0.388 e. The number of pyridine rings is 1. The van der Waals surface area contributed by atoms with Gasteiger partial charge in [0, 0.05) is 6.20 Å². The summed E-state index contributed by atoms with van der Waals surface area (Å²) >= 11 is 10.2. The van der Waals surface area contributed by atoms with E-state index in [4.69, 9.17) is 17.3 Å². The summed E-state index contributed by atoms with van der Waals surface area (Å²) in [5.41, 5.74) is 5.89. The van der Waals surface area contributed by atoms with Crippen molar-refractivity contribution in [3.05, 3.63) is 29.0 Å². The van der Waals surface area contributed by atoms with Gasteiger partial charge >= 0.3 is 0 Å². The molecule has 0 bridgehead atoms. The van der Waals surface area contributed by atoms with E-state index < -0.39 is 0 Å². The molecule has 0 atom stereocenters. The van der Waals surface area contributed by atoms with Gasteiger partial charge in [0.2, 0.25) is 0 Å². The summed E-state index contributed by atoms with van der Waals surface area (Å²) in [6, 6.07) is 3.38. The summed E-state index contributed by atoms with van der Waals surface area (Å²) in [5.74, 6) is 0. The van der Waals surface area contributed by atoms with E-state index in [9.17, 15) is 0 Å². The smallest absolute Gasteiger partial charge is 0.122 e. The molecule has 52 valence electrons. The van der Waals surface area contributed by atoms with Crippen molar-refractivity contribution in [3.8, 4) is 0 Å². The SMILES string of the molecule is NC(=S)c1ccc(Cl)cn1. The molecule has 1 heterocycles. The molecule has 0 saturated heterocycles. The van der Waals surface area contributed by atoms with E-state index >= 15 is 0 Å². The summed E-state index contributed by atoms with van der Waals surface area (Å²) in [7, 11) is 0. The lowest BCUT2D eigenvalue weighted by atomic mass is 10.3. The monoisotopic (exact) mass is 172 g/mol. The average molecular weight is 173 g/mol. The number of hydrogen-bond donors (Lipinski definition) is 1. The van der Waals surface area contributed by atoms with Crippen LogP contribution in [-0.2, 0) is 0 Å². The molecule has 2 N–H and O–H groups in total. The molecule has 0 radical (unpaired) electrons. The first-order valence-electron chi connectivity index (χ1n) is 2.61. The first-order valence-corrected chi connectivity index (χ1v) is 3.40. The van der Waals surface area contributed by atoms with E-state index in [-0.39, 0.29) is 4.99 Å². The fourth-order valence-electron chi connectivity index (χ4n) is 0.522. The fraction of sp³-hybridized carbons (Fsp3) is 0. The van der Waals surface area contributed by atoms with Gasteiger partial charge in [0.1, 0.15) is 4.99 Å². The second kappa shape index (κ2) is 2.94. The number of rotatable bonds is 1. The van der Waals surface area contributed by atoms with Gasteiger partial charge in [0.15, 0.2) is 0 Å². The first-order chi connectivity index (χ1) is 4.70. The maximum absolute atomic E-state index is 5.57. The summed E-state index contributed by atoms with van der Waals surface area (Å²) < 4.78 is 0. The Morgan fingerprint density at radius 1 is 1.60 bits per heavy atom. The number of halogens is 1. The molecule has 1 aromatic heterocycles. The van der Waals surface area contributed by atoms with Crippen LogP contribution in [0.25, 0.3) is 0 Å². The standard InChI is InChI=1S/C6H5ClN2S/c7-4-1-2-5(6(8)10)9-3-4/h1-3H,(H2,8,10). The van der Waals surface area contributed by atoms with Crippen LogP contribution in [0.4, 0.5) is 0 Å².